The molecule has 7 nitrogen and oxygen atoms in total. The number of nitrogens with zero attached hydrogens (tertiary/aromatic N) is 4. The number of hydrogen-bond donors (Lipinski definition) is 0. The summed E-state index contributed by atoms with van der Waals surface area (Å²) in [5.74, 6) is 0.302. The number of carbonyl (C=O) groups excluding carboxylic acids is 1. The predicted octanol–water partition coefficient (Wildman–Crippen LogP) is 2.25. The molecule has 8 heteroatoms. The van der Waals surface area contributed by atoms with Crippen LogP contribution in [0.15, 0.2) is 34.2 Å². The second kappa shape index (κ2) is 6.51. The van der Waals surface area contributed by atoms with Crippen molar-refractivity contribution in [3.63, 3.8) is 0 Å². The van der Waals surface area contributed by atoms with E-state index >= 15 is 0 Å². The molecule has 2 aromatic heterocycles. The summed E-state index contributed by atoms with van der Waals surface area (Å²) in [6.07, 6.45) is 2.53. The van der Waals surface area contributed by atoms with Gasteiger partial charge in [0.25, 0.3) is 5.56 Å². The minimum Gasteiger partial charge on any atom is -0.465 e. The lowest BCUT2D eigenvalue weighted by Crippen LogP contribution is -2.23. The first kappa shape index (κ1) is 16.1. The van der Waals surface area contributed by atoms with E-state index in [1.807, 2.05) is 28.7 Å². The van der Waals surface area contributed by atoms with E-state index < -0.39 is 0 Å². The fraction of sp³-hybridized carbons (Fsp3) is 0.412. The van der Waals surface area contributed by atoms with E-state index in [0.717, 1.165) is 18.4 Å². The van der Waals surface area contributed by atoms with Crippen LogP contribution in [0.1, 0.15) is 26.2 Å². The van der Waals surface area contributed by atoms with Gasteiger partial charge in [0.1, 0.15) is 5.25 Å². The maximum atomic E-state index is 12.9. The van der Waals surface area contributed by atoms with Crippen molar-refractivity contribution in [1.82, 2.24) is 19.2 Å². The maximum absolute atomic E-state index is 12.9. The summed E-state index contributed by atoms with van der Waals surface area (Å²) >= 11 is 1.35. The fourth-order valence-corrected chi connectivity index (χ4v) is 4.05. The largest absolute Gasteiger partial charge is 0.465 e. The first-order valence-electron chi connectivity index (χ1n) is 8.40. The second-order valence-electron chi connectivity index (χ2n) is 6.01. The van der Waals surface area contributed by atoms with Crippen LogP contribution in [0.3, 0.4) is 0 Å². The highest BCUT2D eigenvalue weighted by atomic mass is 32.2. The number of aromatic nitrogens is 4. The third kappa shape index (κ3) is 2.70. The Morgan fingerprint density at radius 3 is 2.88 bits per heavy atom. The van der Waals surface area contributed by atoms with Gasteiger partial charge in [0.2, 0.25) is 5.78 Å². The van der Waals surface area contributed by atoms with Gasteiger partial charge in [-0.2, -0.15) is 0 Å². The molecule has 0 radical (unpaired) electrons. The molecule has 130 valence electrons. The van der Waals surface area contributed by atoms with E-state index in [-0.39, 0.29) is 16.8 Å². The molecule has 0 N–H and O–H groups in total. The van der Waals surface area contributed by atoms with Crippen LogP contribution in [0.2, 0.25) is 0 Å². The summed E-state index contributed by atoms with van der Waals surface area (Å²) in [6, 6.07) is 7.44. The Bertz CT molecular complexity index is 1010. The minimum atomic E-state index is -0.276. The average molecular weight is 358 g/mol. The molecule has 0 amide bonds. The van der Waals surface area contributed by atoms with E-state index in [0.29, 0.717) is 35.9 Å². The molecule has 1 aromatic carbocycles. The number of thioether (sulfide) groups is 1. The maximum Gasteiger partial charge on any atom is 0.319 e. The van der Waals surface area contributed by atoms with Crippen molar-refractivity contribution in [2.24, 2.45) is 0 Å². The van der Waals surface area contributed by atoms with Crippen LogP contribution in [-0.2, 0) is 16.1 Å². The molecule has 0 unspecified atom stereocenters. The van der Waals surface area contributed by atoms with E-state index in [9.17, 15) is 9.59 Å². The normalized spacial score (nSPS) is 17.5. The lowest BCUT2D eigenvalue weighted by Gasteiger charge is -2.11. The monoisotopic (exact) mass is 358 g/mol. The van der Waals surface area contributed by atoms with Crippen molar-refractivity contribution in [2.75, 3.05) is 6.61 Å². The van der Waals surface area contributed by atoms with Crippen LogP contribution >= 0.6 is 11.8 Å². The van der Waals surface area contributed by atoms with E-state index in [4.69, 9.17) is 4.74 Å². The number of para-hydroxylation sites is 1. The Kier molecular flexibility index (Phi) is 4.20. The van der Waals surface area contributed by atoms with Gasteiger partial charge in [-0.1, -0.05) is 37.2 Å². The Morgan fingerprint density at radius 2 is 2.12 bits per heavy atom. The van der Waals surface area contributed by atoms with Crippen molar-refractivity contribution in [3.05, 3.63) is 34.6 Å². The molecule has 0 spiro atoms. The number of aryl methyl sites for hydroxylation is 1. The standard InChI is InChI=1S/C17H18N4O3S/c1-2-3-9-20-14(22)11-6-4-5-7-12(11)21-16(20)18-19-17(21)25-13-8-10-24-15(13)23/h4-7,13H,2-3,8-10H2,1H3/t13-/m1/s1. The molecule has 4 rings (SSSR count). The Morgan fingerprint density at radius 1 is 1.28 bits per heavy atom. The molecule has 1 fully saturated rings. The van der Waals surface area contributed by atoms with Gasteiger partial charge in [-0.25, -0.2) is 0 Å². The molecular weight excluding hydrogens is 340 g/mol. The van der Waals surface area contributed by atoms with Crippen LogP contribution in [0.4, 0.5) is 0 Å². The first-order valence-corrected chi connectivity index (χ1v) is 9.28. The minimum absolute atomic E-state index is 0.0548. The quantitative estimate of drug-likeness (QED) is 0.651. The summed E-state index contributed by atoms with van der Waals surface area (Å²) < 4.78 is 8.59. The zero-order valence-corrected chi connectivity index (χ0v) is 14.7. The number of fused-ring (bicyclic) bond motifs is 3. The molecule has 3 aromatic rings. The zero-order chi connectivity index (χ0) is 17.4. The van der Waals surface area contributed by atoms with Crippen LogP contribution in [-0.4, -0.2) is 37.0 Å². The highest BCUT2D eigenvalue weighted by molar-refractivity contribution is 8.00. The van der Waals surface area contributed by atoms with Gasteiger partial charge in [0.15, 0.2) is 5.16 Å². The molecular formula is C17H18N4O3S. The van der Waals surface area contributed by atoms with Gasteiger partial charge < -0.3 is 4.74 Å². The van der Waals surface area contributed by atoms with Gasteiger partial charge in [0.05, 0.1) is 17.5 Å². The van der Waals surface area contributed by atoms with Crippen LogP contribution in [0.5, 0.6) is 0 Å². The smallest absolute Gasteiger partial charge is 0.319 e. The fourth-order valence-electron chi connectivity index (χ4n) is 3.04. The summed E-state index contributed by atoms with van der Waals surface area (Å²) in [7, 11) is 0. The van der Waals surface area contributed by atoms with Crippen molar-refractivity contribution >= 4 is 34.4 Å². The Balaban J connectivity index is 1.92. The highest BCUT2D eigenvalue weighted by Gasteiger charge is 2.30. The lowest BCUT2D eigenvalue weighted by molar-refractivity contribution is -0.137. The van der Waals surface area contributed by atoms with Gasteiger partial charge >= 0.3 is 5.97 Å². The molecule has 0 saturated carbocycles. The SMILES string of the molecule is CCCCn1c(=O)c2ccccc2n2c(S[C@@H]3CCOC3=O)nnc12. The van der Waals surface area contributed by atoms with E-state index in [2.05, 4.69) is 17.1 Å². The molecule has 25 heavy (non-hydrogen) atoms. The van der Waals surface area contributed by atoms with Crippen molar-refractivity contribution in [2.45, 2.75) is 43.1 Å². The van der Waals surface area contributed by atoms with Gasteiger partial charge in [-0.15, -0.1) is 10.2 Å². The number of rotatable bonds is 5. The molecule has 1 saturated heterocycles. The van der Waals surface area contributed by atoms with Gasteiger partial charge in [-0.3, -0.25) is 18.6 Å². The number of esters is 1. The number of unbranched alkanes of at least 4 members (excludes halogenated alkanes) is 1. The van der Waals surface area contributed by atoms with Gasteiger partial charge in [-0.05, 0) is 18.6 Å². The van der Waals surface area contributed by atoms with Crippen LogP contribution in [0, 0.1) is 0 Å². The summed E-state index contributed by atoms with van der Waals surface area (Å²) in [4.78, 5) is 24.7. The third-order valence-electron chi connectivity index (χ3n) is 4.35. The van der Waals surface area contributed by atoms with Crippen LogP contribution in [0.25, 0.3) is 16.7 Å². The third-order valence-corrected chi connectivity index (χ3v) is 5.54. The van der Waals surface area contributed by atoms with Crippen molar-refractivity contribution in [1.29, 1.82) is 0 Å². The average Bonchev–Trinajstić information content (AvgIpc) is 3.22. The second-order valence-corrected chi connectivity index (χ2v) is 7.18. The number of hydrogen-bond acceptors (Lipinski definition) is 6. The predicted molar refractivity (Wildman–Crippen MR) is 94.9 cm³/mol. The van der Waals surface area contributed by atoms with Gasteiger partial charge in [0, 0.05) is 13.0 Å². The van der Waals surface area contributed by atoms with E-state index in [1.165, 1.54) is 11.8 Å². The van der Waals surface area contributed by atoms with Crippen molar-refractivity contribution < 1.29 is 9.53 Å². The number of benzene rings is 1. The Hall–Kier alpha value is -2.35. The summed E-state index contributed by atoms with van der Waals surface area (Å²) in [5, 5.41) is 9.48. The molecule has 1 atom stereocenters. The molecule has 0 aliphatic carbocycles. The molecule has 1 aliphatic heterocycles. The van der Waals surface area contributed by atoms with Crippen molar-refractivity contribution in [3.8, 4) is 0 Å². The zero-order valence-electron chi connectivity index (χ0n) is 13.8. The highest BCUT2D eigenvalue weighted by Crippen LogP contribution is 2.30. The lowest BCUT2D eigenvalue weighted by atomic mass is 10.2. The number of cyclic esters (lactones) is 1. The van der Waals surface area contributed by atoms with Crippen LogP contribution < -0.4 is 5.56 Å². The summed E-state index contributed by atoms with van der Waals surface area (Å²) in [5.41, 5.74) is 0.704. The molecule has 3 heterocycles. The number of ether oxygens (including phenoxy) is 1. The first-order chi connectivity index (χ1) is 12.2. The summed E-state index contributed by atoms with van der Waals surface area (Å²) in [6.45, 7) is 3.12. The molecule has 1 aliphatic rings. The molecule has 0 bridgehead atoms. The van der Waals surface area contributed by atoms with E-state index in [1.54, 1.807) is 4.57 Å². The Labute approximate surface area is 148 Å². The topological polar surface area (TPSA) is 78.5 Å². The number of carbonyl (C=O) groups is 1.